The van der Waals surface area contributed by atoms with Gasteiger partial charge in [0.25, 0.3) is 0 Å². The van der Waals surface area contributed by atoms with Crippen molar-refractivity contribution in [3.63, 3.8) is 0 Å². The average molecular weight is 354 g/mol. The van der Waals surface area contributed by atoms with Crippen molar-refractivity contribution < 1.29 is 4.42 Å². The summed E-state index contributed by atoms with van der Waals surface area (Å²) in [4.78, 5) is 4.55. The molecule has 1 saturated heterocycles. The molecule has 3 aromatic rings. The summed E-state index contributed by atoms with van der Waals surface area (Å²) in [5.74, 6) is 2.91. The minimum absolute atomic E-state index is 0.608. The topological polar surface area (TPSA) is 89.0 Å². The SMILES string of the molecule is Cc1cc(C)n(-c2ccc(N3CCN(Cc4nnc(C)o4)CC3)nn2)n1. The zero-order chi connectivity index (χ0) is 18.1. The molecule has 0 radical (unpaired) electrons. The summed E-state index contributed by atoms with van der Waals surface area (Å²) in [5.41, 5.74) is 2.02. The van der Waals surface area contributed by atoms with Gasteiger partial charge in [-0.1, -0.05) is 0 Å². The van der Waals surface area contributed by atoms with Crippen LogP contribution in [0.1, 0.15) is 23.2 Å². The molecular weight excluding hydrogens is 332 g/mol. The predicted molar refractivity (Wildman–Crippen MR) is 95.2 cm³/mol. The van der Waals surface area contributed by atoms with Crippen molar-refractivity contribution in [3.8, 4) is 5.82 Å². The van der Waals surface area contributed by atoms with Gasteiger partial charge in [0.2, 0.25) is 11.8 Å². The second-order valence-electron chi connectivity index (χ2n) is 6.57. The van der Waals surface area contributed by atoms with Crippen molar-refractivity contribution in [1.82, 2.24) is 35.1 Å². The molecule has 1 fully saturated rings. The third-order valence-electron chi connectivity index (χ3n) is 4.49. The summed E-state index contributed by atoms with van der Waals surface area (Å²) in [6.45, 7) is 10.1. The largest absolute Gasteiger partial charge is 0.424 e. The van der Waals surface area contributed by atoms with E-state index in [0.717, 1.165) is 49.2 Å². The molecule has 0 aromatic carbocycles. The molecule has 0 saturated carbocycles. The second kappa shape index (κ2) is 6.83. The third kappa shape index (κ3) is 3.43. The summed E-state index contributed by atoms with van der Waals surface area (Å²) in [6, 6.07) is 6.00. The number of hydrogen-bond donors (Lipinski definition) is 0. The Bertz CT molecular complexity index is 877. The Morgan fingerprint density at radius 2 is 1.65 bits per heavy atom. The maximum Gasteiger partial charge on any atom is 0.230 e. The van der Waals surface area contributed by atoms with Crippen LogP contribution in [0.4, 0.5) is 5.82 Å². The van der Waals surface area contributed by atoms with Crippen LogP contribution in [-0.2, 0) is 6.54 Å². The summed E-state index contributed by atoms with van der Waals surface area (Å²) in [6.07, 6.45) is 0. The van der Waals surface area contributed by atoms with E-state index in [9.17, 15) is 0 Å². The number of aryl methyl sites for hydroxylation is 3. The number of hydrogen-bond acceptors (Lipinski definition) is 8. The van der Waals surface area contributed by atoms with Crippen LogP contribution < -0.4 is 4.90 Å². The summed E-state index contributed by atoms with van der Waals surface area (Å²) >= 11 is 0. The van der Waals surface area contributed by atoms with E-state index in [4.69, 9.17) is 4.42 Å². The lowest BCUT2D eigenvalue weighted by atomic mass is 10.3. The monoisotopic (exact) mass is 354 g/mol. The Hall–Kier alpha value is -2.81. The Kier molecular flexibility index (Phi) is 4.37. The van der Waals surface area contributed by atoms with Crippen LogP contribution in [0.3, 0.4) is 0 Å². The van der Waals surface area contributed by atoms with E-state index in [1.54, 1.807) is 0 Å². The zero-order valence-corrected chi connectivity index (χ0v) is 15.3. The average Bonchev–Trinajstić information content (AvgIpc) is 3.20. The zero-order valence-electron chi connectivity index (χ0n) is 15.3. The quantitative estimate of drug-likeness (QED) is 0.692. The first-order chi connectivity index (χ1) is 12.6. The van der Waals surface area contributed by atoms with Crippen LogP contribution in [0, 0.1) is 20.8 Å². The van der Waals surface area contributed by atoms with Crippen LogP contribution in [0.25, 0.3) is 5.82 Å². The van der Waals surface area contributed by atoms with Gasteiger partial charge in [0.1, 0.15) is 0 Å². The maximum absolute atomic E-state index is 5.46. The standard InChI is InChI=1S/C17H22N8O/c1-12-10-13(2)25(22-12)16-5-4-15(19-20-16)24-8-6-23(7-9-24)11-17-21-18-14(3)26-17/h4-5,10H,6-9,11H2,1-3H3. The number of aromatic nitrogens is 6. The fraction of sp³-hybridized carbons (Fsp3) is 0.471. The first-order valence-electron chi connectivity index (χ1n) is 8.72. The van der Waals surface area contributed by atoms with E-state index in [0.29, 0.717) is 18.3 Å². The predicted octanol–water partition coefficient (Wildman–Crippen LogP) is 1.29. The van der Waals surface area contributed by atoms with E-state index < -0.39 is 0 Å². The van der Waals surface area contributed by atoms with Gasteiger partial charge in [-0.15, -0.1) is 20.4 Å². The van der Waals surface area contributed by atoms with Gasteiger partial charge in [-0.05, 0) is 32.0 Å². The van der Waals surface area contributed by atoms with Gasteiger partial charge in [-0.25, -0.2) is 4.68 Å². The van der Waals surface area contributed by atoms with Crippen LogP contribution in [0.15, 0.2) is 22.6 Å². The van der Waals surface area contributed by atoms with E-state index in [1.165, 1.54) is 0 Å². The van der Waals surface area contributed by atoms with Crippen molar-refractivity contribution in [3.05, 3.63) is 41.4 Å². The summed E-state index contributed by atoms with van der Waals surface area (Å²) in [7, 11) is 0. The molecule has 9 nitrogen and oxygen atoms in total. The van der Waals surface area contributed by atoms with Crippen molar-refractivity contribution in [2.45, 2.75) is 27.3 Å². The molecule has 1 aliphatic rings. The van der Waals surface area contributed by atoms with E-state index >= 15 is 0 Å². The Balaban J connectivity index is 1.38. The summed E-state index contributed by atoms with van der Waals surface area (Å²) < 4.78 is 7.27. The molecule has 9 heteroatoms. The van der Waals surface area contributed by atoms with Gasteiger partial charge >= 0.3 is 0 Å². The molecule has 0 amide bonds. The van der Waals surface area contributed by atoms with Gasteiger partial charge in [0, 0.05) is 38.8 Å². The molecule has 26 heavy (non-hydrogen) atoms. The minimum atomic E-state index is 0.608. The smallest absolute Gasteiger partial charge is 0.230 e. The molecule has 4 rings (SSSR count). The number of rotatable bonds is 4. The molecule has 0 atom stereocenters. The third-order valence-corrected chi connectivity index (χ3v) is 4.49. The van der Waals surface area contributed by atoms with Crippen molar-refractivity contribution in [1.29, 1.82) is 0 Å². The van der Waals surface area contributed by atoms with Crippen molar-refractivity contribution >= 4 is 5.82 Å². The Labute approximate surface area is 151 Å². The molecule has 1 aliphatic heterocycles. The van der Waals surface area contributed by atoms with Crippen molar-refractivity contribution in [2.24, 2.45) is 0 Å². The minimum Gasteiger partial charge on any atom is -0.424 e. The van der Waals surface area contributed by atoms with E-state index in [1.807, 2.05) is 43.7 Å². The fourth-order valence-electron chi connectivity index (χ4n) is 3.19. The second-order valence-corrected chi connectivity index (χ2v) is 6.57. The van der Waals surface area contributed by atoms with Crippen LogP contribution >= 0.6 is 0 Å². The van der Waals surface area contributed by atoms with Gasteiger partial charge in [-0.3, -0.25) is 4.90 Å². The Morgan fingerprint density at radius 3 is 2.23 bits per heavy atom. The normalized spacial score (nSPS) is 15.6. The highest BCUT2D eigenvalue weighted by molar-refractivity contribution is 5.40. The molecule has 4 heterocycles. The molecular formula is C17H22N8O. The van der Waals surface area contributed by atoms with Gasteiger partial charge in [0.05, 0.1) is 12.2 Å². The highest BCUT2D eigenvalue weighted by Gasteiger charge is 2.20. The lowest BCUT2D eigenvalue weighted by Gasteiger charge is -2.34. The lowest BCUT2D eigenvalue weighted by Crippen LogP contribution is -2.46. The van der Waals surface area contributed by atoms with E-state index in [2.05, 4.69) is 35.3 Å². The molecule has 136 valence electrons. The highest BCUT2D eigenvalue weighted by Crippen LogP contribution is 2.16. The first kappa shape index (κ1) is 16.6. The maximum atomic E-state index is 5.46. The number of piperazine rings is 1. The van der Waals surface area contributed by atoms with Crippen LogP contribution in [0.2, 0.25) is 0 Å². The lowest BCUT2D eigenvalue weighted by molar-refractivity contribution is 0.224. The molecule has 3 aromatic heterocycles. The van der Waals surface area contributed by atoms with E-state index in [-0.39, 0.29) is 0 Å². The van der Waals surface area contributed by atoms with Gasteiger partial charge in [0.15, 0.2) is 11.6 Å². The molecule has 0 N–H and O–H groups in total. The molecule has 0 spiro atoms. The van der Waals surface area contributed by atoms with Crippen LogP contribution in [0.5, 0.6) is 0 Å². The number of anilines is 1. The fourth-order valence-corrected chi connectivity index (χ4v) is 3.19. The van der Waals surface area contributed by atoms with Gasteiger partial charge < -0.3 is 9.32 Å². The molecule has 0 aliphatic carbocycles. The molecule has 0 bridgehead atoms. The van der Waals surface area contributed by atoms with Crippen molar-refractivity contribution in [2.75, 3.05) is 31.1 Å². The highest BCUT2D eigenvalue weighted by atomic mass is 16.4. The van der Waals surface area contributed by atoms with Gasteiger partial charge in [-0.2, -0.15) is 5.10 Å². The van der Waals surface area contributed by atoms with Crippen LogP contribution in [-0.4, -0.2) is 61.3 Å². The summed E-state index contributed by atoms with van der Waals surface area (Å²) in [5, 5.41) is 21.1. The first-order valence-corrected chi connectivity index (χ1v) is 8.72. The molecule has 0 unspecified atom stereocenters. The Morgan fingerprint density at radius 1 is 0.923 bits per heavy atom. The number of nitrogens with zero attached hydrogens (tertiary/aromatic N) is 8.